The highest BCUT2D eigenvalue weighted by Crippen LogP contribution is 2.30. The van der Waals surface area contributed by atoms with Crippen LogP contribution in [0, 0.1) is 21.4 Å². The summed E-state index contributed by atoms with van der Waals surface area (Å²) in [5.74, 6) is 1.03. The van der Waals surface area contributed by atoms with Crippen LogP contribution in [0.3, 0.4) is 0 Å². The molecule has 2 aromatic carbocycles. The second kappa shape index (κ2) is 7.63. The first-order valence-corrected chi connectivity index (χ1v) is 8.33. The third-order valence-electron chi connectivity index (χ3n) is 3.50. The highest BCUT2D eigenvalue weighted by Gasteiger charge is 2.09. The van der Waals surface area contributed by atoms with Gasteiger partial charge in [-0.2, -0.15) is 5.26 Å². The summed E-state index contributed by atoms with van der Waals surface area (Å²) in [4.78, 5) is 14.9. The van der Waals surface area contributed by atoms with Crippen molar-refractivity contribution in [2.24, 2.45) is 0 Å². The molecule has 0 spiro atoms. The van der Waals surface area contributed by atoms with Crippen LogP contribution in [-0.4, -0.2) is 23.6 Å². The van der Waals surface area contributed by atoms with E-state index in [-0.39, 0.29) is 12.3 Å². The normalized spacial score (nSPS) is 10.8. The molecule has 0 saturated heterocycles. The minimum Gasteiger partial charge on any atom is -0.493 e. The van der Waals surface area contributed by atoms with Gasteiger partial charge in [-0.3, -0.25) is 10.1 Å². The standard InChI is InChI=1S/C18H13N3O4S/c1-24-16-10-12(2-6-15(16)25-9-8-19)3-7-18-20-14-5-4-13(21(22)23)11-17(14)26-18/h2-7,10-11H,9H2,1H3/b7-3+. The van der Waals surface area contributed by atoms with E-state index in [1.165, 1.54) is 30.6 Å². The van der Waals surface area contributed by atoms with Gasteiger partial charge in [0.2, 0.25) is 0 Å². The fourth-order valence-corrected chi connectivity index (χ4v) is 3.20. The monoisotopic (exact) mass is 367 g/mol. The Hall–Kier alpha value is -3.44. The predicted octanol–water partition coefficient (Wildman–Crippen LogP) is 4.29. The fraction of sp³-hybridized carbons (Fsp3) is 0.111. The van der Waals surface area contributed by atoms with E-state index >= 15 is 0 Å². The van der Waals surface area contributed by atoms with E-state index in [0.717, 1.165) is 20.8 Å². The summed E-state index contributed by atoms with van der Waals surface area (Å²) in [5.41, 5.74) is 1.64. The van der Waals surface area contributed by atoms with Gasteiger partial charge in [0.1, 0.15) is 11.1 Å². The van der Waals surface area contributed by atoms with Gasteiger partial charge in [0.25, 0.3) is 5.69 Å². The molecule has 8 heteroatoms. The van der Waals surface area contributed by atoms with Crippen molar-refractivity contribution in [3.8, 4) is 17.6 Å². The number of benzene rings is 2. The maximum absolute atomic E-state index is 10.9. The first kappa shape index (κ1) is 17.4. The Morgan fingerprint density at radius 2 is 2.12 bits per heavy atom. The lowest BCUT2D eigenvalue weighted by molar-refractivity contribution is -0.384. The minimum absolute atomic E-state index is 0.0503. The molecule has 0 radical (unpaired) electrons. The van der Waals surface area contributed by atoms with Crippen LogP contribution in [0.1, 0.15) is 10.6 Å². The predicted molar refractivity (Wildman–Crippen MR) is 99.3 cm³/mol. The van der Waals surface area contributed by atoms with Gasteiger partial charge in [0, 0.05) is 12.1 Å². The van der Waals surface area contributed by atoms with Gasteiger partial charge in [0.05, 0.1) is 22.2 Å². The van der Waals surface area contributed by atoms with Gasteiger partial charge in [-0.25, -0.2) is 4.98 Å². The molecule has 0 aliphatic carbocycles. The Kier molecular flexibility index (Phi) is 5.10. The van der Waals surface area contributed by atoms with Crippen LogP contribution in [0.25, 0.3) is 22.4 Å². The maximum atomic E-state index is 10.9. The molecule has 0 atom stereocenters. The summed E-state index contributed by atoms with van der Waals surface area (Å²) in [6, 6.07) is 11.9. The number of nitriles is 1. The van der Waals surface area contributed by atoms with E-state index in [1.807, 2.05) is 24.3 Å². The number of non-ortho nitro benzene ring substituents is 1. The Morgan fingerprint density at radius 1 is 1.27 bits per heavy atom. The molecule has 7 nitrogen and oxygen atoms in total. The van der Waals surface area contributed by atoms with Crippen LogP contribution in [0.15, 0.2) is 36.4 Å². The minimum atomic E-state index is -0.420. The SMILES string of the molecule is COc1cc(/C=C/c2nc3ccc([N+](=O)[O-])cc3s2)ccc1OCC#N. The van der Waals surface area contributed by atoms with Crippen molar-refractivity contribution in [1.29, 1.82) is 5.26 Å². The summed E-state index contributed by atoms with van der Waals surface area (Å²) in [6.45, 7) is -0.0522. The number of fused-ring (bicyclic) bond motifs is 1. The molecule has 1 aromatic heterocycles. The van der Waals surface area contributed by atoms with Crippen molar-refractivity contribution >= 4 is 39.4 Å². The zero-order valence-electron chi connectivity index (χ0n) is 13.7. The number of nitro benzene ring substituents is 1. The van der Waals surface area contributed by atoms with Gasteiger partial charge in [0.15, 0.2) is 18.1 Å². The number of nitrogens with zero attached hydrogens (tertiary/aromatic N) is 3. The largest absolute Gasteiger partial charge is 0.493 e. The lowest BCUT2D eigenvalue weighted by Gasteiger charge is -2.08. The highest BCUT2D eigenvalue weighted by molar-refractivity contribution is 7.19. The zero-order chi connectivity index (χ0) is 18.5. The quantitative estimate of drug-likeness (QED) is 0.476. The molecule has 1 heterocycles. The number of nitro groups is 1. The number of methoxy groups -OCH3 is 1. The second-order valence-electron chi connectivity index (χ2n) is 5.15. The van der Waals surface area contributed by atoms with E-state index in [2.05, 4.69) is 4.98 Å². The summed E-state index contributed by atoms with van der Waals surface area (Å²) < 4.78 is 11.3. The Balaban J connectivity index is 1.84. The van der Waals surface area contributed by atoms with E-state index in [0.29, 0.717) is 11.5 Å². The molecule has 0 bridgehead atoms. The number of thiazole rings is 1. The van der Waals surface area contributed by atoms with E-state index in [1.54, 1.807) is 18.2 Å². The van der Waals surface area contributed by atoms with Crippen LogP contribution < -0.4 is 9.47 Å². The lowest BCUT2D eigenvalue weighted by Crippen LogP contribution is -1.96. The molecule has 0 N–H and O–H groups in total. The number of ether oxygens (including phenoxy) is 2. The van der Waals surface area contributed by atoms with E-state index in [9.17, 15) is 10.1 Å². The van der Waals surface area contributed by atoms with Crippen LogP contribution in [0.4, 0.5) is 5.69 Å². The average molecular weight is 367 g/mol. The molecule has 0 saturated carbocycles. The Morgan fingerprint density at radius 3 is 2.85 bits per heavy atom. The first-order valence-electron chi connectivity index (χ1n) is 7.51. The molecule has 0 amide bonds. The third kappa shape index (κ3) is 3.79. The summed E-state index contributed by atoms with van der Waals surface area (Å²) in [7, 11) is 1.53. The van der Waals surface area contributed by atoms with Crippen LogP contribution >= 0.6 is 11.3 Å². The number of aromatic nitrogens is 1. The topological polar surface area (TPSA) is 98.3 Å². The van der Waals surface area contributed by atoms with Gasteiger partial charge in [-0.1, -0.05) is 12.1 Å². The zero-order valence-corrected chi connectivity index (χ0v) is 14.5. The molecule has 3 aromatic rings. The van der Waals surface area contributed by atoms with Crippen molar-refractivity contribution < 1.29 is 14.4 Å². The molecular formula is C18H13N3O4S. The van der Waals surface area contributed by atoms with E-state index < -0.39 is 4.92 Å². The molecule has 26 heavy (non-hydrogen) atoms. The highest BCUT2D eigenvalue weighted by atomic mass is 32.1. The van der Waals surface area contributed by atoms with Gasteiger partial charge in [-0.05, 0) is 29.8 Å². The molecular weight excluding hydrogens is 354 g/mol. The molecule has 0 fully saturated rings. The molecule has 0 unspecified atom stereocenters. The van der Waals surface area contributed by atoms with Crippen LogP contribution in [0.5, 0.6) is 11.5 Å². The van der Waals surface area contributed by atoms with Crippen molar-refractivity contribution in [1.82, 2.24) is 4.98 Å². The summed E-state index contributed by atoms with van der Waals surface area (Å²) in [5, 5.41) is 20.2. The number of hydrogen-bond acceptors (Lipinski definition) is 7. The van der Waals surface area contributed by atoms with Crippen LogP contribution in [-0.2, 0) is 0 Å². The van der Waals surface area contributed by atoms with E-state index in [4.69, 9.17) is 14.7 Å². The van der Waals surface area contributed by atoms with Crippen molar-refractivity contribution in [2.75, 3.05) is 13.7 Å². The summed E-state index contributed by atoms with van der Waals surface area (Å²) >= 11 is 1.38. The number of hydrogen-bond donors (Lipinski definition) is 0. The first-order chi connectivity index (χ1) is 12.6. The molecule has 0 aliphatic heterocycles. The summed E-state index contributed by atoms with van der Waals surface area (Å²) in [6.07, 6.45) is 3.70. The molecule has 0 aliphatic rings. The maximum Gasteiger partial charge on any atom is 0.270 e. The second-order valence-corrected chi connectivity index (χ2v) is 6.21. The van der Waals surface area contributed by atoms with Crippen LogP contribution in [0.2, 0.25) is 0 Å². The van der Waals surface area contributed by atoms with Crippen molar-refractivity contribution in [2.45, 2.75) is 0 Å². The van der Waals surface area contributed by atoms with Crippen molar-refractivity contribution in [3.63, 3.8) is 0 Å². The Bertz CT molecular complexity index is 1040. The third-order valence-corrected chi connectivity index (χ3v) is 4.48. The smallest absolute Gasteiger partial charge is 0.270 e. The van der Waals surface area contributed by atoms with Gasteiger partial charge < -0.3 is 9.47 Å². The Labute approximate surface area is 152 Å². The van der Waals surface area contributed by atoms with Crippen molar-refractivity contribution in [3.05, 3.63) is 57.1 Å². The fourth-order valence-electron chi connectivity index (χ4n) is 2.30. The average Bonchev–Trinajstić information content (AvgIpc) is 3.06. The lowest BCUT2D eigenvalue weighted by atomic mass is 10.2. The van der Waals surface area contributed by atoms with Gasteiger partial charge >= 0.3 is 0 Å². The number of rotatable bonds is 6. The van der Waals surface area contributed by atoms with Gasteiger partial charge in [-0.15, -0.1) is 11.3 Å². The molecule has 3 rings (SSSR count). The molecule has 130 valence electrons.